The molecule has 1 aromatic heterocycles. The average Bonchev–Trinajstić information content (AvgIpc) is 2.72. The SMILES string of the molecule is [Br-].c1ccc([P+](c2ccccc2)(c2ccccc2)c2ccccn2)cc1. The Labute approximate surface area is 165 Å². The van der Waals surface area contributed by atoms with Crippen LogP contribution in [-0.2, 0) is 0 Å². The molecule has 0 bridgehead atoms. The lowest BCUT2D eigenvalue weighted by Crippen LogP contribution is -3.00. The van der Waals surface area contributed by atoms with Gasteiger partial charge in [-0.15, -0.1) is 0 Å². The highest BCUT2D eigenvalue weighted by Gasteiger charge is 2.48. The van der Waals surface area contributed by atoms with E-state index in [1.54, 1.807) is 0 Å². The first-order valence-electron chi connectivity index (χ1n) is 8.40. The molecule has 1 heterocycles. The van der Waals surface area contributed by atoms with Crippen molar-refractivity contribution in [1.82, 2.24) is 4.98 Å². The van der Waals surface area contributed by atoms with E-state index in [1.165, 1.54) is 15.9 Å². The van der Waals surface area contributed by atoms with Crippen molar-refractivity contribution in [2.24, 2.45) is 0 Å². The van der Waals surface area contributed by atoms with Crippen LogP contribution in [0.25, 0.3) is 0 Å². The van der Waals surface area contributed by atoms with E-state index in [-0.39, 0.29) is 17.0 Å². The van der Waals surface area contributed by atoms with Gasteiger partial charge < -0.3 is 17.0 Å². The molecule has 4 aromatic rings. The van der Waals surface area contributed by atoms with Crippen molar-refractivity contribution in [2.75, 3.05) is 0 Å². The van der Waals surface area contributed by atoms with Crippen LogP contribution in [0.15, 0.2) is 115 Å². The largest absolute Gasteiger partial charge is 1.00 e. The number of benzene rings is 3. The smallest absolute Gasteiger partial charge is 0.198 e. The normalized spacial score (nSPS) is 10.8. The Morgan fingerprint density at radius 2 is 0.846 bits per heavy atom. The number of nitrogens with zero attached hydrogens (tertiary/aromatic N) is 1. The lowest BCUT2D eigenvalue weighted by atomic mass is 10.4. The fourth-order valence-corrected chi connectivity index (χ4v) is 7.45. The number of aromatic nitrogens is 1. The van der Waals surface area contributed by atoms with E-state index in [1.807, 2.05) is 12.3 Å². The molecule has 3 heteroatoms. The second-order valence-corrected chi connectivity index (χ2v) is 9.21. The van der Waals surface area contributed by atoms with Crippen molar-refractivity contribution in [2.45, 2.75) is 0 Å². The zero-order valence-electron chi connectivity index (χ0n) is 14.2. The summed E-state index contributed by atoms with van der Waals surface area (Å²) in [6, 6.07) is 38.6. The third-order valence-corrected chi connectivity index (χ3v) is 8.59. The van der Waals surface area contributed by atoms with Gasteiger partial charge in [-0.3, -0.25) is 0 Å². The van der Waals surface area contributed by atoms with Crippen LogP contribution in [0.1, 0.15) is 0 Å². The molecule has 0 saturated heterocycles. The standard InChI is InChI=1S/C23H19NP.BrH/c1-4-12-20(13-5-1)25(21-14-6-2-7-15-21,22-16-8-3-9-17-22)23-18-10-11-19-24-23;/h1-19H;1H/q+1;/p-1. The molecule has 0 unspecified atom stereocenters. The summed E-state index contributed by atoms with van der Waals surface area (Å²) in [5, 5.41) is 3.98. The third kappa shape index (κ3) is 3.23. The number of hydrogen-bond donors (Lipinski definition) is 0. The summed E-state index contributed by atoms with van der Waals surface area (Å²) in [6.45, 7) is 0. The van der Waals surface area contributed by atoms with Gasteiger partial charge in [-0.05, 0) is 42.5 Å². The second-order valence-electron chi connectivity index (χ2n) is 5.87. The highest BCUT2D eigenvalue weighted by molar-refractivity contribution is 8.01. The Morgan fingerprint density at radius 3 is 1.19 bits per heavy atom. The molecule has 0 atom stereocenters. The maximum Gasteiger partial charge on any atom is 0.198 e. The predicted molar refractivity (Wildman–Crippen MR) is 109 cm³/mol. The lowest BCUT2D eigenvalue weighted by Gasteiger charge is -2.26. The Kier molecular flexibility index (Phi) is 5.98. The Morgan fingerprint density at radius 1 is 0.462 bits per heavy atom. The van der Waals surface area contributed by atoms with Crippen molar-refractivity contribution < 1.29 is 17.0 Å². The molecule has 0 fully saturated rings. The maximum atomic E-state index is 4.83. The number of halogens is 1. The molecule has 1 nitrogen and oxygen atoms in total. The van der Waals surface area contributed by atoms with E-state index in [2.05, 4.69) is 103 Å². The molecule has 3 aromatic carbocycles. The van der Waals surface area contributed by atoms with Crippen LogP contribution < -0.4 is 38.3 Å². The Bertz CT molecular complexity index is 765. The van der Waals surface area contributed by atoms with Gasteiger partial charge in [0, 0.05) is 12.3 Å². The summed E-state index contributed by atoms with van der Waals surface area (Å²) >= 11 is 0. The van der Waals surface area contributed by atoms with Crippen molar-refractivity contribution in [3.63, 3.8) is 0 Å². The average molecular weight is 420 g/mol. The molecule has 0 radical (unpaired) electrons. The minimum Gasteiger partial charge on any atom is -1.00 e. The lowest BCUT2D eigenvalue weighted by molar-refractivity contribution is -0.00000481. The van der Waals surface area contributed by atoms with E-state index in [9.17, 15) is 0 Å². The molecule has 0 amide bonds. The van der Waals surface area contributed by atoms with Crippen molar-refractivity contribution >= 4 is 28.6 Å². The quantitative estimate of drug-likeness (QED) is 0.444. The van der Waals surface area contributed by atoms with Gasteiger partial charge >= 0.3 is 0 Å². The van der Waals surface area contributed by atoms with E-state index < -0.39 is 7.26 Å². The van der Waals surface area contributed by atoms with Crippen LogP contribution in [0.5, 0.6) is 0 Å². The molecular formula is C23H19BrNP. The van der Waals surface area contributed by atoms with Gasteiger partial charge in [-0.25, -0.2) is 4.98 Å². The van der Waals surface area contributed by atoms with Crippen LogP contribution in [0.4, 0.5) is 0 Å². The summed E-state index contributed by atoms with van der Waals surface area (Å²) in [4.78, 5) is 4.83. The molecular weight excluding hydrogens is 401 g/mol. The molecule has 0 aliphatic carbocycles. The van der Waals surface area contributed by atoms with Gasteiger partial charge in [0.15, 0.2) is 12.7 Å². The molecule has 128 valence electrons. The second kappa shape index (κ2) is 8.40. The van der Waals surface area contributed by atoms with Gasteiger partial charge in [-0.1, -0.05) is 60.7 Å². The maximum absolute atomic E-state index is 4.83. The fourth-order valence-electron chi connectivity index (χ4n) is 3.35. The fraction of sp³-hybridized carbons (Fsp3) is 0. The van der Waals surface area contributed by atoms with E-state index in [0.717, 1.165) is 5.44 Å². The number of hydrogen-bond acceptors (Lipinski definition) is 1. The van der Waals surface area contributed by atoms with Gasteiger partial charge in [0.05, 0.1) is 0 Å². The molecule has 0 spiro atoms. The molecule has 4 rings (SSSR count). The minimum absolute atomic E-state index is 0. The first-order chi connectivity index (χ1) is 12.4. The van der Waals surface area contributed by atoms with Crippen molar-refractivity contribution in [3.05, 3.63) is 115 Å². The monoisotopic (exact) mass is 419 g/mol. The van der Waals surface area contributed by atoms with Crippen LogP contribution in [0.3, 0.4) is 0 Å². The number of rotatable bonds is 4. The highest BCUT2D eigenvalue weighted by atomic mass is 79.9. The summed E-state index contributed by atoms with van der Waals surface area (Å²) < 4.78 is 0. The van der Waals surface area contributed by atoms with Gasteiger partial charge in [-0.2, -0.15) is 0 Å². The molecule has 26 heavy (non-hydrogen) atoms. The molecule has 0 N–H and O–H groups in total. The molecule has 0 aliphatic rings. The summed E-state index contributed by atoms with van der Waals surface area (Å²) in [6.07, 6.45) is 1.90. The van der Waals surface area contributed by atoms with Gasteiger partial charge in [0.2, 0.25) is 0 Å². The van der Waals surface area contributed by atoms with E-state index in [4.69, 9.17) is 4.98 Å². The van der Waals surface area contributed by atoms with Crippen LogP contribution in [-0.4, -0.2) is 4.98 Å². The van der Waals surface area contributed by atoms with Crippen LogP contribution >= 0.6 is 7.26 Å². The van der Waals surface area contributed by atoms with E-state index >= 15 is 0 Å². The van der Waals surface area contributed by atoms with E-state index in [0.29, 0.717) is 0 Å². The zero-order chi connectivity index (χ0) is 17.0. The minimum atomic E-state index is -2.02. The predicted octanol–water partition coefficient (Wildman–Crippen LogP) is 0.705. The summed E-state index contributed by atoms with van der Waals surface area (Å²) in [7, 11) is -2.02. The Balaban J connectivity index is 0.00000196. The van der Waals surface area contributed by atoms with Crippen molar-refractivity contribution in [1.29, 1.82) is 0 Å². The van der Waals surface area contributed by atoms with Crippen LogP contribution in [0.2, 0.25) is 0 Å². The molecule has 0 aliphatic heterocycles. The first kappa shape index (κ1) is 18.5. The summed E-state index contributed by atoms with van der Waals surface area (Å²) in [5.74, 6) is 0. The van der Waals surface area contributed by atoms with Crippen molar-refractivity contribution in [3.8, 4) is 0 Å². The summed E-state index contributed by atoms with van der Waals surface area (Å²) in [5.41, 5.74) is 1.14. The zero-order valence-corrected chi connectivity index (χ0v) is 16.7. The number of pyridine rings is 1. The Hall–Kier alpha value is -2.28. The third-order valence-electron chi connectivity index (χ3n) is 4.42. The molecule has 0 saturated carbocycles. The highest BCUT2D eigenvalue weighted by Crippen LogP contribution is 2.53. The first-order valence-corrected chi connectivity index (χ1v) is 10.2. The van der Waals surface area contributed by atoms with Gasteiger partial charge in [0.25, 0.3) is 0 Å². The van der Waals surface area contributed by atoms with Gasteiger partial charge in [0.1, 0.15) is 15.9 Å². The topological polar surface area (TPSA) is 12.9 Å². The van der Waals surface area contributed by atoms with Crippen LogP contribution in [0, 0.1) is 0 Å².